The number of hydrogen-bond acceptors (Lipinski definition) is 3. The van der Waals surface area contributed by atoms with E-state index in [4.69, 9.17) is 16.3 Å². The lowest BCUT2D eigenvalue weighted by Crippen LogP contribution is -2.39. The van der Waals surface area contributed by atoms with Gasteiger partial charge in [-0.15, -0.1) is 0 Å². The number of benzene rings is 2. The van der Waals surface area contributed by atoms with Crippen LogP contribution in [-0.2, 0) is 4.79 Å². The van der Waals surface area contributed by atoms with Crippen molar-refractivity contribution in [2.45, 2.75) is 13.3 Å². The Hall–Kier alpha value is -2.53. The van der Waals surface area contributed by atoms with Gasteiger partial charge in [0.1, 0.15) is 5.75 Å². The summed E-state index contributed by atoms with van der Waals surface area (Å²) in [7, 11) is 0. The van der Waals surface area contributed by atoms with Crippen LogP contribution in [0.4, 0.5) is 11.4 Å². The van der Waals surface area contributed by atoms with E-state index < -0.39 is 0 Å². The van der Waals surface area contributed by atoms with Crippen LogP contribution in [0.5, 0.6) is 5.75 Å². The molecule has 0 fully saturated rings. The Kier molecular flexibility index (Phi) is 4.71. The topological polar surface area (TPSA) is 58.6 Å². The second kappa shape index (κ2) is 6.93. The lowest BCUT2D eigenvalue weighted by atomic mass is 10.1. The molecule has 0 saturated heterocycles. The summed E-state index contributed by atoms with van der Waals surface area (Å²) in [6.07, 6.45) is 0.835. The third kappa shape index (κ3) is 3.21. The summed E-state index contributed by atoms with van der Waals surface area (Å²) < 4.78 is 5.45. The molecule has 0 saturated carbocycles. The first-order valence-corrected chi connectivity index (χ1v) is 8.11. The molecule has 2 aromatic carbocycles. The van der Waals surface area contributed by atoms with Crippen LogP contribution in [-0.4, -0.2) is 25.0 Å². The lowest BCUT2D eigenvalue weighted by molar-refractivity contribution is -0.121. The Balaban J connectivity index is 1.87. The highest BCUT2D eigenvalue weighted by atomic mass is 35.5. The minimum Gasteiger partial charge on any atom is -0.482 e. The Morgan fingerprint density at radius 2 is 2.08 bits per heavy atom. The minimum atomic E-state index is -0.300. The van der Waals surface area contributed by atoms with E-state index in [0.29, 0.717) is 34.3 Å². The number of nitrogens with one attached hydrogen (secondary N) is 1. The molecule has 0 spiro atoms. The Morgan fingerprint density at radius 1 is 1.29 bits per heavy atom. The molecule has 6 heteroatoms. The highest BCUT2D eigenvalue weighted by Gasteiger charge is 2.25. The number of nitrogens with zero attached hydrogens (tertiary/aromatic N) is 1. The summed E-state index contributed by atoms with van der Waals surface area (Å²) >= 11 is 6.05. The van der Waals surface area contributed by atoms with Gasteiger partial charge >= 0.3 is 0 Å². The van der Waals surface area contributed by atoms with E-state index in [1.807, 2.05) is 6.92 Å². The number of rotatable bonds is 4. The number of anilines is 2. The molecule has 0 aliphatic carbocycles. The number of ether oxygens (including phenoxy) is 1. The van der Waals surface area contributed by atoms with Crippen molar-refractivity contribution in [1.29, 1.82) is 0 Å². The van der Waals surface area contributed by atoms with E-state index in [2.05, 4.69) is 5.32 Å². The number of hydrogen-bond donors (Lipinski definition) is 1. The van der Waals surface area contributed by atoms with Crippen LogP contribution in [0.1, 0.15) is 23.7 Å². The van der Waals surface area contributed by atoms with Crippen LogP contribution < -0.4 is 15.0 Å². The van der Waals surface area contributed by atoms with Gasteiger partial charge in [-0.25, -0.2) is 0 Å². The molecule has 5 nitrogen and oxygen atoms in total. The van der Waals surface area contributed by atoms with Crippen molar-refractivity contribution in [3.63, 3.8) is 0 Å². The Morgan fingerprint density at radius 3 is 2.83 bits per heavy atom. The van der Waals surface area contributed by atoms with Crippen LogP contribution in [0.15, 0.2) is 42.5 Å². The molecule has 3 rings (SSSR count). The molecule has 24 heavy (non-hydrogen) atoms. The molecular formula is C18H17ClN2O3. The molecule has 1 aliphatic rings. The molecule has 0 unspecified atom stereocenters. The summed E-state index contributed by atoms with van der Waals surface area (Å²) in [5.41, 5.74) is 1.65. The zero-order chi connectivity index (χ0) is 17.1. The molecule has 2 aromatic rings. The van der Waals surface area contributed by atoms with Gasteiger partial charge in [0.05, 0.1) is 16.3 Å². The summed E-state index contributed by atoms with van der Waals surface area (Å²) in [6, 6.07) is 12.1. The van der Waals surface area contributed by atoms with E-state index in [0.717, 1.165) is 6.42 Å². The molecule has 1 heterocycles. The molecular weight excluding hydrogens is 328 g/mol. The maximum absolute atomic E-state index is 12.4. The average molecular weight is 345 g/mol. The van der Waals surface area contributed by atoms with Gasteiger partial charge in [0.2, 0.25) is 0 Å². The van der Waals surface area contributed by atoms with Gasteiger partial charge in [-0.05, 0) is 36.8 Å². The van der Waals surface area contributed by atoms with Crippen molar-refractivity contribution in [1.82, 2.24) is 0 Å². The van der Waals surface area contributed by atoms with Crippen LogP contribution in [0, 0.1) is 0 Å². The van der Waals surface area contributed by atoms with Gasteiger partial charge in [-0.2, -0.15) is 0 Å². The first-order chi connectivity index (χ1) is 11.6. The number of halogens is 1. The van der Waals surface area contributed by atoms with Crippen molar-refractivity contribution in [3.8, 4) is 5.75 Å². The maximum atomic E-state index is 12.4. The SMILES string of the molecule is CCCN1C(=O)COc2ccc(NC(=O)c3ccccc3Cl)cc21. The van der Waals surface area contributed by atoms with Crippen LogP contribution in [0.3, 0.4) is 0 Å². The van der Waals surface area contributed by atoms with E-state index in [1.54, 1.807) is 47.4 Å². The normalized spacial score (nSPS) is 13.2. The highest BCUT2D eigenvalue weighted by Crippen LogP contribution is 2.34. The largest absolute Gasteiger partial charge is 0.482 e. The van der Waals surface area contributed by atoms with Gasteiger partial charge in [0, 0.05) is 12.2 Å². The molecule has 0 radical (unpaired) electrons. The summed E-state index contributed by atoms with van der Waals surface area (Å²) in [4.78, 5) is 26.1. The zero-order valence-corrected chi connectivity index (χ0v) is 14.0. The van der Waals surface area contributed by atoms with Gasteiger partial charge in [0.15, 0.2) is 6.61 Å². The van der Waals surface area contributed by atoms with E-state index >= 15 is 0 Å². The molecule has 0 atom stereocenters. The van der Waals surface area contributed by atoms with Gasteiger partial charge in [-0.1, -0.05) is 30.7 Å². The third-order valence-corrected chi connectivity index (χ3v) is 4.06. The van der Waals surface area contributed by atoms with Gasteiger partial charge < -0.3 is 15.0 Å². The van der Waals surface area contributed by atoms with E-state index in [9.17, 15) is 9.59 Å². The minimum absolute atomic E-state index is 0.0400. The average Bonchev–Trinajstić information content (AvgIpc) is 2.58. The second-order valence-corrected chi connectivity index (χ2v) is 5.86. The van der Waals surface area contributed by atoms with Crippen molar-refractivity contribution in [3.05, 3.63) is 53.1 Å². The molecule has 0 bridgehead atoms. The quantitative estimate of drug-likeness (QED) is 0.919. The number of amides is 2. The van der Waals surface area contributed by atoms with Crippen LogP contribution >= 0.6 is 11.6 Å². The smallest absolute Gasteiger partial charge is 0.265 e. The number of carbonyl (C=O) groups excluding carboxylic acids is 2. The van der Waals surface area contributed by atoms with Crippen molar-refractivity contribution in [2.24, 2.45) is 0 Å². The first kappa shape index (κ1) is 16.3. The molecule has 124 valence electrons. The summed E-state index contributed by atoms with van der Waals surface area (Å²) in [6.45, 7) is 2.65. The van der Waals surface area contributed by atoms with E-state index in [-0.39, 0.29) is 18.4 Å². The van der Waals surface area contributed by atoms with Crippen molar-refractivity contribution in [2.75, 3.05) is 23.4 Å². The fourth-order valence-electron chi connectivity index (χ4n) is 2.59. The monoisotopic (exact) mass is 344 g/mol. The fraction of sp³-hybridized carbons (Fsp3) is 0.222. The van der Waals surface area contributed by atoms with Crippen molar-refractivity contribution >= 4 is 34.8 Å². The summed E-state index contributed by atoms with van der Waals surface area (Å²) in [5.74, 6) is 0.253. The lowest BCUT2D eigenvalue weighted by Gasteiger charge is -2.29. The Labute approximate surface area is 145 Å². The molecule has 1 N–H and O–H groups in total. The van der Waals surface area contributed by atoms with Gasteiger partial charge in [-0.3, -0.25) is 9.59 Å². The second-order valence-electron chi connectivity index (χ2n) is 5.45. The van der Waals surface area contributed by atoms with Gasteiger partial charge in [0.25, 0.3) is 11.8 Å². The third-order valence-electron chi connectivity index (χ3n) is 3.73. The summed E-state index contributed by atoms with van der Waals surface area (Å²) in [5, 5.41) is 3.20. The molecule has 2 amide bonds. The first-order valence-electron chi connectivity index (χ1n) is 7.73. The molecule has 0 aromatic heterocycles. The van der Waals surface area contributed by atoms with Crippen molar-refractivity contribution < 1.29 is 14.3 Å². The number of fused-ring (bicyclic) bond motifs is 1. The van der Waals surface area contributed by atoms with Crippen LogP contribution in [0.25, 0.3) is 0 Å². The molecule has 1 aliphatic heterocycles. The standard InChI is InChI=1S/C18H17ClN2O3/c1-2-9-21-15-10-12(7-8-16(15)24-11-17(21)22)20-18(23)13-5-3-4-6-14(13)19/h3-8,10H,2,9,11H2,1H3,(H,20,23). The maximum Gasteiger partial charge on any atom is 0.265 e. The van der Waals surface area contributed by atoms with Crippen LogP contribution in [0.2, 0.25) is 5.02 Å². The zero-order valence-electron chi connectivity index (χ0n) is 13.2. The Bertz CT molecular complexity index is 792. The van der Waals surface area contributed by atoms with E-state index in [1.165, 1.54) is 0 Å². The predicted molar refractivity (Wildman–Crippen MR) is 94.0 cm³/mol. The predicted octanol–water partition coefficient (Wildman–Crippen LogP) is 3.73. The highest BCUT2D eigenvalue weighted by molar-refractivity contribution is 6.34. The fourth-order valence-corrected chi connectivity index (χ4v) is 2.81. The number of carbonyl (C=O) groups is 2.